The Hall–Kier alpha value is -1.17. The molecule has 0 spiro atoms. The Morgan fingerprint density at radius 1 is 1.40 bits per heavy atom. The molecule has 82 valence electrons. The van der Waals surface area contributed by atoms with Gasteiger partial charge in [-0.05, 0) is 18.2 Å². The minimum absolute atomic E-state index is 0.0265. The second-order valence-corrected chi connectivity index (χ2v) is 3.83. The number of nitrogens with two attached hydrogens (primary N) is 1. The lowest BCUT2D eigenvalue weighted by atomic mass is 10.2. The van der Waals surface area contributed by atoms with Crippen LogP contribution >= 0.6 is 11.8 Å². The molecule has 1 rings (SSSR count). The zero-order valence-corrected chi connectivity index (χ0v) is 8.36. The lowest BCUT2D eigenvalue weighted by Gasteiger charge is -2.07. The molecule has 0 aromatic heterocycles. The Labute approximate surface area is 88.6 Å². The summed E-state index contributed by atoms with van der Waals surface area (Å²) >= 11 is 0.984. The van der Waals surface area contributed by atoms with Gasteiger partial charge in [0.05, 0.1) is 11.3 Å². The Morgan fingerprint density at radius 3 is 2.60 bits per heavy atom. The smallest absolute Gasteiger partial charge is 0.369 e. The fraction of sp³-hybridized carbons (Fsp3) is 0.222. The summed E-state index contributed by atoms with van der Waals surface area (Å²) in [6, 6.07) is 4.77. The summed E-state index contributed by atoms with van der Waals surface area (Å²) in [6.07, 6.45) is -4.36. The van der Waals surface area contributed by atoms with E-state index in [1.54, 1.807) is 0 Å². The summed E-state index contributed by atoms with van der Waals surface area (Å²) in [4.78, 5) is 10.8. The normalized spacial score (nSPS) is 11.4. The zero-order chi connectivity index (χ0) is 11.5. The zero-order valence-electron chi connectivity index (χ0n) is 7.54. The van der Waals surface area contributed by atoms with E-state index >= 15 is 0 Å². The molecule has 2 nitrogen and oxygen atoms in total. The molecule has 0 saturated carbocycles. The third kappa shape index (κ3) is 3.83. The molecule has 1 aromatic carbocycles. The van der Waals surface area contributed by atoms with Crippen molar-refractivity contribution in [1.82, 2.24) is 0 Å². The van der Waals surface area contributed by atoms with Gasteiger partial charge in [-0.2, -0.15) is 13.2 Å². The van der Waals surface area contributed by atoms with Gasteiger partial charge in [0.25, 0.3) is 0 Å². The molecule has 0 unspecified atom stereocenters. The number of alkyl halides is 3. The number of carbonyl (C=O) groups is 1. The maximum absolute atomic E-state index is 12.3. The molecule has 0 atom stereocenters. The Kier molecular flexibility index (Phi) is 3.62. The van der Waals surface area contributed by atoms with Gasteiger partial charge in [-0.3, -0.25) is 4.79 Å². The number of thioether (sulfide) groups is 1. The molecule has 2 N–H and O–H groups in total. The quantitative estimate of drug-likeness (QED) is 0.817. The predicted octanol–water partition coefficient (Wildman–Crippen LogP) is 2.28. The van der Waals surface area contributed by atoms with Gasteiger partial charge in [-0.1, -0.05) is 6.07 Å². The van der Waals surface area contributed by atoms with Crippen molar-refractivity contribution in [2.45, 2.75) is 11.1 Å². The van der Waals surface area contributed by atoms with Gasteiger partial charge < -0.3 is 5.73 Å². The van der Waals surface area contributed by atoms with Crippen molar-refractivity contribution in [3.63, 3.8) is 0 Å². The molecule has 0 aliphatic rings. The second-order valence-electron chi connectivity index (χ2n) is 2.78. The van der Waals surface area contributed by atoms with Crippen LogP contribution in [-0.2, 0) is 11.0 Å². The fourth-order valence-corrected chi connectivity index (χ4v) is 1.61. The minimum atomic E-state index is -4.36. The molecule has 0 fully saturated rings. The van der Waals surface area contributed by atoms with Crippen molar-refractivity contribution < 1.29 is 18.0 Å². The first kappa shape index (κ1) is 11.9. The molecule has 0 saturated heterocycles. The van der Waals surface area contributed by atoms with Gasteiger partial charge in [-0.15, -0.1) is 11.8 Å². The van der Waals surface area contributed by atoms with Crippen LogP contribution < -0.4 is 5.73 Å². The Bertz CT molecular complexity index is 365. The van der Waals surface area contributed by atoms with Crippen LogP contribution in [0.15, 0.2) is 29.2 Å². The highest BCUT2D eigenvalue weighted by Gasteiger charge is 2.30. The van der Waals surface area contributed by atoms with E-state index < -0.39 is 17.6 Å². The topological polar surface area (TPSA) is 43.1 Å². The number of hydrogen-bond donors (Lipinski definition) is 1. The van der Waals surface area contributed by atoms with Crippen LogP contribution in [0.1, 0.15) is 5.56 Å². The van der Waals surface area contributed by atoms with Crippen molar-refractivity contribution in [2.75, 3.05) is 5.75 Å². The van der Waals surface area contributed by atoms with Crippen LogP contribution in [0.2, 0.25) is 0 Å². The molecule has 0 aliphatic carbocycles. The number of benzene rings is 1. The van der Waals surface area contributed by atoms with Crippen LogP contribution in [0, 0.1) is 0 Å². The molecular formula is C9H8F3NOS. The summed E-state index contributed by atoms with van der Waals surface area (Å²) in [7, 11) is 0. The first-order chi connectivity index (χ1) is 6.89. The monoisotopic (exact) mass is 235 g/mol. The van der Waals surface area contributed by atoms with Gasteiger partial charge in [0, 0.05) is 4.90 Å². The van der Waals surface area contributed by atoms with E-state index in [4.69, 9.17) is 5.73 Å². The first-order valence-corrected chi connectivity index (χ1v) is 4.96. The Morgan fingerprint density at radius 2 is 2.07 bits per heavy atom. The molecule has 0 aliphatic heterocycles. The van der Waals surface area contributed by atoms with Crippen molar-refractivity contribution in [2.24, 2.45) is 5.73 Å². The molecule has 6 heteroatoms. The van der Waals surface area contributed by atoms with Crippen molar-refractivity contribution in [3.8, 4) is 0 Å². The Balaban J connectivity index is 2.79. The molecule has 0 heterocycles. The largest absolute Gasteiger partial charge is 0.416 e. The highest BCUT2D eigenvalue weighted by atomic mass is 32.2. The number of halogens is 3. The average molecular weight is 235 g/mol. The summed E-state index contributed by atoms with van der Waals surface area (Å²) in [6.45, 7) is 0. The van der Waals surface area contributed by atoms with Crippen molar-refractivity contribution in [1.29, 1.82) is 0 Å². The summed E-state index contributed by atoms with van der Waals surface area (Å²) in [5, 5.41) is 0. The van der Waals surface area contributed by atoms with E-state index in [0.29, 0.717) is 4.90 Å². The molecule has 0 radical (unpaired) electrons. The third-order valence-electron chi connectivity index (χ3n) is 1.54. The lowest BCUT2D eigenvalue weighted by molar-refractivity contribution is -0.137. The number of primary amides is 1. The summed E-state index contributed by atoms with van der Waals surface area (Å²) in [5.41, 5.74) is 4.16. The maximum Gasteiger partial charge on any atom is 0.416 e. The van der Waals surface area contributed by atoms with Crippen LogP contribution in [0.25, 0.3) is 0 Å². The number of rotatable bonds is 3. The van der Waals surface area contributed by atoms with Gasteiger partial charge >= 0.3 is 6.18 Å². The van der Waals surface area contributed by atoms with Crippen LogP contribution in [0.5, 0.6) is 0 Å². The predicted molar refractivity (Wildman–Crippen MR) is 51.4 cm³/mol. The van der Waals surface area contributed by atoms with E-state index in [1.807, 2.05) is 0 Å². The highest BCUT2D eigenvalue weighted by molar-refractivity contribution is 8.00. The first-order valence-electron chi connectivity index (χ1n) is 3.98. The van der Waals surface area contributed by atoms with Crippen molar-refractivity contribution >= 4 is 17.7 Å². The van der Waals surface area contributed by atoms with Crippen LogP contribution in [0.3, 0.4) is 0 Å². The summed E-state index contributed by atoms with van der Waals surface area (Å²) in [5.74, 6) is -0.584. The van der Waals surface area contributed by atoms with Gasteiger partial charge in [-0.25, -0.2) is 0 Å². The highest BCUT2D eigenvalue weighted by Crippen LogP contribution is 2.31. The molecular weight excluding hydrogens is 227 g/mol. The standard InChI is InChI=1S/C9H8F3NOS/c10-9(11,12)6-2-1-3-7(4-6)15-5-8(13)14/h1-4H,5H2,(H2,13,14). The van der Waals surface area contributed by atoms with E-state index in [0.717, 1.165) is 23.9 Å². The van der Waals surface area contributed by atoms with E-state index in [9.17, 15) is 18.0 Å². The van der Waals surface area contributed by atoms with Gasteiger partial charge in [0.15, 0.2) is 0 Å². The minimum Gasteiger partial charge on any atom is -0.369 e. The molecule has 1 aromatic rings. The number of amides is 1. The maximum atomic E-state index is 12.3. The molecule has 0 bridgehead atoms. The molecule has 15 heavy (non-hydrogen) atoms. The van der Waals surface area contributed by atoms with Crippen molar-refractivity contribution in [3.05, 3.63) is 29.8 Å². The molecule has 1 amide bonds. The fourth-order valence-electron chi connectivity index (χ4n) is 0.917. The second kappa shape index (κ2) is 4.57. The van der Waals surface area contributed by atoms with Gasteiger partial charge in [0.1, 0.15) is 0 Å². The van der Waals surface area contributed by atoms with E-state index in [-0.39, 0.29) is 5.75 Å². The number of carbonyl (C=O) groups excluding carboxylic acids is 1. The lowest BCUT2D eigenvalue weighted by Crippen LogP contribution is -2.13. The van der Waals surface area contributed by atoms with E-state index in [2.05, 4.69) is 0 Å². The third-order valence-corrected chi connectivity index (χ3v) is 2.56. The van der Waals surface area contributed by atoms with E-state index in [1.165, 1.54) is 12.1 Å². The number of hydrogen-bond acceptors (Lipinski definition) is 2. The SMILES string of the molecule is NC(=O)CSc1cccc(C(F)(F)F)c1. The van der Waals surface area contributed by atoms with Crippen LogP contribution in [0.4, 0.5) is 13.2 Å². The summed E-state index contributed by atoms with van der Waals surface area (Å²) < 4.78 is 36.8. The van der Waals surface area contributed by atoms with Gasteiger partial charge in [0.2, 0.25) is 5.91 Å². The van der Waals surface area contributed by atoms with Crippen LogP contribution in [-0.4, -0.2) is 11.7 Å². The average Bonchev–Trinajstić information content (AvgIpc) is 2.14.